The largest absolute Gasteiger partial charge is 0.0888 e. The first-order valence-corrected chi connectivity index (χ1v) is 7.02. The van der Waals surface area contributed by atoms with Gasteiger partial charge in [-0.3, -0.25) is 0 Å². The van der Waals surface area contributed by atoms with Crippen LogP contribution >= 0.6 is 23.4 Å². The second-order valence-corrected chi connectivity index (χ2v) is 5.92. The number of fused-ring (bicyclic) bond motifs is 2. The standard InChI is InChI=1S/C16H9ClS/c17-11-7-8-14-13(9-11)12-5-1-3-10-4-2-6-15(18-14)16(10)12/h1-9H. The molecule has 18 heavy (non-hydrogen) atoms. The SMILES string of the molecule is Clc1ccc2c(c1)-c1cccc3cccc(c13)S2. The molecule has 0 bridgehead atoms. The predicted octanol–water partition coefficient (Wildman–Crippen LogP) is 5.62. The van der Waals surface area contributed by atoms with Gasteiger partial charge in [-0.15, -0.1) is 0 Å². The van der Waals surface area contributed by atoms with E-state index in [1.165, 1.54) is 31.7 Å². The summed E-state index contributed by atoms with van der Waals surface area (Å²) in [5, 5.41) is 3.44. The molecular weight excluding hydrogens is 260 g/mol. The molecule has 0 fully saturated rings. The Morgan fingerprint density at radius 2 is 1.61 bits per heavy atom. The molecule has 0 spiro atoms. The van der Waals surface area contributed by atoms with Crippen LogP contribution < -0.4 is 0 Å². The molecule has 0 amide bonds. The van der Waals surface area contributed by atoms with Crippen molar-refractivity contribution in [3.05, 3.63) is 59.6 Å². The molecule has 2 heteroatoms. The summed E-state index contributed by atoms with van der Waals surface area (Å²) in [6.07, 6.45) is 0. The summed E-state index contributed by atoms with van der Waals surface area (Å²) in [7, 11) is 0. The van der Waals surface area contributed by atoms with E-state index in [9.17, 15) is 0 Å². The van der Waals surface area contributed by atoms with Gasteiger partial charge in [-0.25, -0.2) is 0 Å². The molecule has 0 saturated carbocycles. The minimum absolute atomic E-state index is 0.797. The third-order valence-electron chi connectivity index (χ3n) is 3.32. The smallest absolute Gasteiger partial charge is 0.0412 e. The zero-order chi connectivity index (χ0) is 12.1. The first kappa shape index (κ1) is 10.5. The average molecular weight is 269 g/mol. The summed E-state index contributed by atoms with van der Waals surface area (Å²) in [6.45, 7) is 0. The molecule has 1 heterocycles. The maximum Gasteiger partial charge on any atom is 0.0412 e. The molecule has 0 unspecified atom stereocenters. The molecule has 3 aromatic rings. The number of hydrogen-bond donors (Lipinski definition) is 0. The first-order chi connectivity index (χ1) is 8.83. The second-order valence-electron chi connectivity index (χ2n) is 4.40. The van der Waals surface area contributed by atoms with E-state index in [0.717, 1.165) is 5.02 Å². The van der Waals surface area contributed by atoms with Crippen molar-refractivity contribution in [2.24, 2.45) is 0 Å². The zero-order valence-corrected chi connectivity index (χ0v) is 11.1. The maximum absolute atomic E-state index is 6.13. The Morgan fingerprint density at radius 3 is 2.50 bits per heavy atom. The van der Waals surface area contributed by atoms with Crippen molar-refractivity contribution >= 4 is 34.1 Å². The van der Waals surface area contributed by atoms with Gasteiger partial charge in [-0.1, -0.05) is 53.7 Å². The Hall–Kier alpha value is -1.44. The fraction of sp³-hybridized carbons (Fsp3) is 0. The van der Waals surface area contributed by atoms with Gasteiger partial charge in [0.2, 0.25) is 0 Å². The molecule has 0 nitrogen and oxygen atoms in total. The summed E-state index contributed by atoms with van der Waals surface area (Å²) in [5.41, 5.74) is 2.54. The van der Waals surface area contributed by atoms with Crippen LogP contribution in [0.5, 0.6) is 0 Å². The summed E-state index contributed by atoms with van der Waals surface area (Å²) in [4.78, 5) is 2.61. The Labute approximate surface area is 115 Å². The minimum atomic E-state index is 0.797. The van der Waals surface area contributed by atoms with Crippen LogP contribution in [-0.4, -0.2) is 0 Å². The lowest BCUT2D eigenvalue weighted by Crippen LogP contribution is -1.92. The lowest BCUT2D eigenvalue weighted by Gasteiger charge is -2.20. The summed E-state index contributed by atoms with van der Waals surface area (Å²) < 4.78 is 0. The highest BCUT2D eigenvalue weighted by atomic mass is 35.5. The predicted molar refractivity (Wildman–Crippen MR) is 78.5 cm³/mol. The van der Waals surface area contributed by atoms with Crippen LogP contribution in [0, 0.1) is 0 Å². The van der Waals surface area contributed by atoms with Gasteiger partial charge < -0.3 is 0 Å². The fourth-order valence-electron chi connectivity index (χ4n) is 2.54. The van der Waals surface area contributed by atoms with E-state index in [-0.39, 0.29) is 0 Å². The van der Waals surface area contributed by atoms with E-state index < -0.39 is 0 Å². The molecule has 0 atom stereocenters. The normalized spacial score (nSPS) is 12.5. The van der Waals surface area contributed by atoms with E-state index >= 15 is 0 Å². The van der Waals surface area contributed by atoms with E-state index in [1.807, 2.05) is 17.8 Å². The number of rotatable bonds is 0. The molecule has 0 aromatic heterocycles. The minimum Gasteiger partial charge on any atom is -0.0888 e. The molecule has 0 saturated heterocycles. The highest BCUT2D eigenvalue weighted by Crippen LogP contribution is 2.48. The van der Waals surface area contributed by atoms with E-state index in [2.05, 4.69) is 48.5 Å². The second kappa shape index (κ2) is 3.78. The van der Waals surface area contributed by atoms with Crippen molar-refractivity contribution in [3.63, 3.8) is 0 Å². The third kappa shape index (κ3) is 1.41. The molecule has 1 aliphatic heterocycles. The van der Waals surface area contributed by atoms with E-state index in [0.29, 0.717) is 0 Å². The molecule has 0 radical (unpaired) electrons. The Balaban J connectivity index is 2.18. The Morgan fingerprint density at radius 1 is 0.778 bits per heavy atom. The Bertz CT molecular complexity index is 772. The van der Waals surface area contributed by atoms with Gasteiger partial charge in [0.15, 0.2) is 0 Å². The quantitative estimate of drug-likeness (QED) is 0.399. The van der Waals surface area contributed by atoms with Crippen molar-refractivity contribution in [2.45, 2.75) is 9.79 Å². The molecule has 3 aromatic carbocycles. The van der Waals surface area contributed by atoms with E-state index in [1.54, 1.807) is 0 Å². The molecule has 86 valence electrons. The first-order valence-electron chi connectivity index (χ1n) is 5.82. The zero-order valence-electron chi connectivity index (χ0n) is 9.48. The monoisotopic (exact) mass is 268 g/mol. The maximum atomic E-state index is 6.13. The van der Waals surface area contributed by atoms with Crippen molar-refractivity contribution < 1.29 is 0 Å². The van der Waals surface area contributed by atoms with Gasteiger partial charge in [0, 0.05) is 20.2 Å². The Kier molecular flexibility index (Phi) is 2.20. The van der Waals surface area contributed by atoms with E-state index in [4.69, 9.17) is 11.6 Å². The van der Waals surface area contributed by atoms with Crippen LogP contribution in [0.25, 0.3) is 21.9 Å². The highest BCUT2D eigenvalue weighted by Gasteiger charge is 2.18. The van der Waals surface area contributed by atoms with Gasteiger partial charge in [0.1, 0.15) is 0 Å². The highest BCUT2D eigenvalue weighted by molar-refractivity contribution is 7.99. The number of halogens is 1. The molecule has 4 rings (SSSR count). The van der Waals surface area contributed by atoms with Crippen molar-refractivity contribution in [2.75, 3.05) is 0 Å². The molecule has 1 aliphatic rings. The topological polar surface area (TPSA) is 0 Å². The molecule has 0 aliphatic carbocycles. The van der Waals surface area contributed by atoms with Gasteiger partial charge in [-0.05, 0) is 40.8 Å². The van der Waals surface area contributed by atoms with Crippen molar-refractivity contribution in [1.82, 2.24) is 0 Å². The molecule has 0 N–H and O–H groups in total. The summed E-state index contributed by atoms with van der Waals surface area (Å²) in [5.74, 6) is 0. The van der Waals surface area contributed by atoms with Crippen molar-refractivity contribution in [3.8, 4) is 11.1 Å². The molecular formula is C16H9ClS. The van der Waals surface area contributed by atoms with Crippen molar-refractivity contribution in [1.29, 1.82) is 0 Å². The number of hydrogen-bond acceptors (Lipinski definition) is 1. The fourth-order valence-corrected chi connectivity index (χ4v) is 3.84. The van der Waals surface area contributed by atoms with Crippen LogP contribution in [0.4, 0.5) is 0 Å². The van der Waals surface area contributed by atoms with Gasteiger partial charge in [0.05, 0.1) is 0 Å². The lowest BCUT2D eigenvalue weighted by molar-refractivity contribution is 1.40. The van der Waals surface area contributed by atoms with Gasteiger partial charge in [0.25, 0.3) is 0 Å². The van der Waals surface area contributed by atoms with Gasteiger partial charge >= 0.3 is 0 Å². The van der Waals surface area contributed by atoms with Crippen LogP contribution in [0.2, 0.25) is 5.02 Å². The van der Waals surface area contributed by atoms with Crippen LogP contribution in [-0.2, 0) is 0 Å². The summed E-state index contributed by atoms with van der Waals surface area (Å²) in [6, 6.07) is 19.1. The number of benzene rings is 3. The van der Waals surface area contributed by atoms with Gasteiger partial charge in [-0.2, -0.15) is 0 Å². The third-order valence-corrected chi connectivity index (χ3v) is 4.69. The van der Waals surface area contributed by atoms with Crippen LogP contribution in [0.3, 0.4) is 0 Å². The average Bonchev–Trinajstić information content (AvgIpc) is 2.40. The lowest BCUT2D eigenvalue weighted by atomic mass is 9.98. The summed E-state index contributed by atoms with van der Waals surface area (Å²) >= 11 is 7.95. The van der Waals surface area contributed by atoms with Crippen LogP contribution in [0.1, 0.15) is 0 Å². The van der Waals surface area contributed by atoms with Crippen LogP contribution in [0.15, 0.2) is 64.4 Å².